The summed E-state index contributed by atoms with van der Waals surface area (Å²) in [6.45, 7) is 11.8. The maximum atomic E-state index is 13.1. The summed E-state index contributed by atoms with van der Waals surface area (Å²) in [6.07, 6.45) is 0. The molecule has 0 aliphatic rings. The van der Waals surface area contributed by atoms with Crippen molar-refractivity contribution >= 4 is 33.2 Å². The van der Waals surface area contributed by atoms with Gasteiger partial charge >= 0.3 is 0 Å². The molecule has 1 atom stereocenters. The van der Waals surface area contributed by atoms with Gasteiger partial charge in [0, 0.05) is 5.56 Å². The molecule has 0 aliphatic heterocycles. The Bertz CT molecular complexity index is 1400. The standard InChI is InChI=1S/C28H33ClN2O4S/c1-16(2)22-15-23(18(4)13-26(22)35-7)20(6)30-28(32)21-9-10-24(29)27(14-21)36(33,34)31-25-11-8-17(3)12-19(25)5/h8-16,20,31H,1-7H3,(H,30,32)/t20-/m0/s1. The van der Waals surface area contributed by atoms with E-state index in [2.05, 4.69) is 30.0 Å². The lowest BCUT2D eigenvalue weighted by molar-refractivity contribution is 0.0939. The Morgan fingerprint density at radius 1 is 0.917 bits per heavy atom. The Labute approximate surface area is 219 Å². The van der Waals surface area contributed by atoms with Gasteiger partial charge in [0.1, 0.15) is 10.6 Å². The van der Waals surface area contributed by atoms with Gasteiger partial charge in [0.2, 0.25) is 0 Å². The Balaban J connectivity index is 1.88. The number of rotatable bonds is 8. The molecule has 0 saturated heterocycles. The summed E-state index contributed by atoms with van der Waals surface area (Å²) in [6, 6.07) is 13.4. The van der Waals surface area contributed by atoms with E-state index in [0.29, 0.717) is 5.69 Å². The van der Waals surface area contributed by atoms with Crippen LogP contribution in [0.1, 0.15) is 70.9 Å². The molecule has 0 saturated carbocycles. The molecule has 0 fully saturated rings. The zero-order valence-corrected chi connectivity index (χ0v) is 23.3. The number of hydrogen-bond donors (Lipinski definition) is 2. The minimum absolute atomic E-state index is 0.0319. The number of carbonyl (C=O) groups excluding carboxylic acids is 1. The van der Waals surface area contributed by atoms with E-state index < -0.39 is 15.9 Å². The van der Waals surface area contributed by atoms with Crippen LogP contribution in [0.5, 0.6) is 5.75 Å². The highest BCUT2D eigenvalue weighted by Crippen LogP contribution is 2.32. The van der Waals surface area contributed by atoms with Crippen LogP contribution < -0.4 is 14.8 Å². The average Bonchev–Trinajstić information content (AvgIpc) is 2.80. The lowest BCUT2D eigenvalue weighted by Crippen LogP contribution is -2.27. The molecule has 3 aromatic carbocycles. The first-order valence-corrected chi connectivity index (χ1v) is 13.6. The second-order valence-corrected chi connectivity index (χ2v) is 11.4. The van der Waals surface area contributed by atoms with Crippen molar-refractivity contribution in [3.8, 4) is 5.75 Å². The molecule has 0 heterocycles. The summed E-state index contributed by atoms with van der Waals surface area (Å²) in [5, 5.41) is 3.01. The van der Waals surface area contributed by atoms with Crippen molar-refractivity contribution in [2.75, 3.05) is 11.8 Å². The van der Waals surface area contributed by atoms with Gasteiger partial charge in [0.05, 0.1) is 23.9 Å². The second-order valence-electron chi connectivity index (χ2n) is 9.37. The smallest absolute Gasteiger partial charge is 0.263 e. The zero-order chi connectivity index (χ0) is 26.8. The maximum absolute atomic E-state index is 13.1. The van der Waals surface area contributed by atoms with Crippen molar-refractivity contribution in [2.45, 2.75) is 58.4 Å². The van der Waals surface area contributed by atoms with Gasteiger partial charge in [-0.15, -0.1) is 0 Å². The molecule has 0 spiro atoms. The lowest BCUT2D eigenvalue weighted by atomic mass is 9.93. The largest absolute Gasteiger partial charge is 0.496 e. The van der Waals surface area contributed by atoms with Gasteiger partial charge in [0.15, 0.2) is 0 Å². The number of nitrogens with one attached hydrogen (secondary N) is 2. The van der Waals surface area contributed by atoms with Crippen LogP contribution in [0.2, 0.25) is 5.02 Å². The van der Waals surface area contributed by atoms with Gasteiger partial charge in [0.25, 0.3) is 15.9 Å². The van der Waals surface area contributed by atoms with Crippen LogP contribution in [0.4, 0.5) is 5.69 Å². The van der Waals surface area contributed by atoms with Crippen LogP contribution in [0.25, 0.3) is 0 Å². The number of halogens is 1. The number of ether oxygens (including phenoxy) is 1. The second kappa shape index (κ2) is 10.9. The number of carbonyl (C=O) groups is 1. The van der Waals surface area contributed by atoms with Crippen molar-refractivity contribution in [1.29, 1.82) is 0 Å². The first-order valence-electron chi connectivity index (χ1n) is 11.7. The van der Waals surface area contributed by atoms with Gasteiger partial charge in [-0.25, -0.2) is 8.42 Å². The van der Waals surface area contributed by atoms with Gasteiger partial charge in [-0.2, -0.15) is 0 Å². The molecule has 2 N–H and O–H groups in total. The van der Waals surface area contributed by atoms with Crippen molar-refractivity contribution < 1.29 is 17.9 Å². The molecule has 192 valence electrons. The van der Waals surface area contributed by atoms with E-state index >= 15 is 0 Å². The lowest BCUT2D eigenvalue weighted by Gasteiger charge is -2.21. The van der Waals surface area contributed by atoms with Crippen molar-refractivity contribution in [3.63, 3.8) is 0 Å². The minimum Gasteiger partial charge on any atom is -0.496 e. The average molecular weight is 529 g/mol. The fourth-order valence-corrected chi connectivity index (χ4v) is 5.80. The predicted octanol–water partition coefficient (Wildman–Crippen LogP) is 6.69. The number of benzene rings is 3. The minimum atomic E-state index is -4.02. The molecule has 6 nitrogen and oxygen atoms in total. The topological polar surface area (TPSA) is 84.5 Å². The Kier molecular flexibility index (Phi) is 8.37. The first-order chi connectivity index (χ1) is 16.8. The summed E-state index contributed by atoms with van der Waals surface area (Å²) in [7, 11) is -2.38. The first kappa shape index (κ1) is 27.6. The molecular formula is C28H33ClN2O4S. The van der Waals surface area contributed by atoms with Crippen molar-refractivity contribution in [1.82, 2.24) is 5.32 Å². The number of methoxy groups -OCH3 is 1. The molecule has 3 aromatic rings. The molecule has 0 bridgehead atoms. The summed E-state index contributed by atoms with van der Waals surface area (Å²) in [5.74, 6) is 0.660. The molecule has 0 radical (unpaired) electrons. The molecular weight excluding hydrogens is 496 g/mol. The van der Waals surface area contributed by atoms with Crippen molar-refractivity contribution in [3.05, 3.63) is 86.9 Å². The molecule has 3 rings (SSSR count). The normalized spacial score (nSPS) is 12.4. The van der Waals surface area contributed by atoms with Crippen LogP contribution in [-0.2, 0) is 10.0 Å². The van der Waals surface area contributed by atoms with E-state index in [1.807, 2.05) is 45.9 Å². The number of amides is 1. The van der Waals surface area contributed by atoms with Crippen LogP contribution >= 0.6 is 11.6 Å². The molecule has 8 heteroatoms. The summed E-state index contributed by atoms with van der Waals surface area (Å²) in [4.78, 5) is 13.0. The highest BCUT2D eigenvalue weighted by molar-refractivity contribution is 7.92. The molecule has 36 heavy (non-hydrogen) atoms. The van der Waals surface area contributed by atoms with Gasteiger partial charge in [-0.05, 0) is 92.3 Å². The van der Waals surface area contributed by atoms with Gasteiger partial charge in [-0.1, -0.05) is 43.1 Å². The monoisotopic (exact) mass is 528 g/mol. The van der Waals surface area contributed by atoms with Crippen LogP contribution in [0, 0.1) is 20.8 Å². The Morgan fingerprint density at radius 2 is 1.61 bits per heavy atom. The quantitative estimate of drug-likeness (QED) is 0.341. The van der Waals surface area contributed by atoms with E-state index in [-0.39, 0.29) is 27.4 Å². The number of hydrogen-bond acceptors (Lipinski definition) is 4. The third kappa shape index (κ3) is 6.02. The van der Waals surface area contributed by atoms with Gasteiger partial charge in [-0.3, -0.25) is 9.52 Å². The molecule has 0 aliphatic carbocycles. The van der Waals surface area contributed by atoms with Crippen LogP contribution in [-0.4, -0.2) is 21.4 Å². The third-order valence-corrected chi connectivity index (χ3v) is 8.01. The fourth-order valence-electron chi connectivity index (χ4n) is 4.15. The van der Waals surface area contributed by atoms with Gasteiger partial charge < -0.3 is 10.1 Å². The van der Waals surface area contributed by atoms with Crippen LogP contribution in [0.3, 0.4) is 0 Å². The maximum Gasteiger partial charge on any atom is 0.263 e. The van der Waals surface area contributed by atoms with E-state index in [9.17, 15) is 13.2 Å². The van der Waals surface area contributed by atoms with E-state index in [1.165, 1.54) is 18.2 Å². The molecule has 0 unspecified atom stereocenters. The third-order valence-electron chi connectivity index (χ3n) is 6.16. The summed E-state index contributed by atoms with van der Waals surface area (Å²) in [5.41, 5.74) is 5.46. The number of anilines is 1. The molecule has 0 aromatic heterocycles. The van der Waals surface area contributed by atoms with Crippen molar-refractivity contribution in [2.24, 2.45) is 0 Å². The summed E-state index contributed by atoms with van der Waals surface area (Å²) < 4.78 is 34.4. The van der Waals surface area contributed by atoms with E-state index in [0.717, 1.165) is 33.6 Å². The Hall–Kier alpha value is -3.03. The van der Waals surface area contributed by atoms with E-state index in [1.54, 1.807) is 13.2 Å². The molecule has 1 amide bonds. The summed E-state index contributed by atoms with van der Waals surface area (Å²) >= 11 is 6.25. The highest BCUT2D eigenvalue weighted by atomic mass is 35.5. The predicted molar refractivity (Wildman–Crippen MR) is 146 cm³/mol. The Morgan fingerprint density at radius 3 is 2.22 bits per heavy atom. The number of aryl methyl sites for hydroxylation is 3. The highest BCUT2D eigenvalue weighted by Gasteiger charge is 2.23. The van der Waals surface area contributed by atoms with Crippen LogP contribution in [0.15, 0.2) is 53.4 Å². The SMILES string of the molecule is COc1cc(C)c([C@H](C)NC(=O)c2ccc(Cl)c(S(=O)(=O)Nc3ccc(C)cc3C)c2)cc1C(C)C. The number of sulfonamides is 1. The fraction of sp³-hybridized carbons (Fsp3) is 0.321. The zero-order valence-electron chi connectivity index (χ0n) is 21.7. The van der Waals surface area contributed by atoms with E-state index in [4.69, 9.17) is 16.3 Å².